The molecule has 2 aromatic carbocycles. The van der Waals surface area contributed by atoms with E-state index in [4.69, 9.17) is 10.0 Å². The van der Waals surface area contributed by atoms with Gasteiger partial charge in [-0.25, -0.2) is 0 Å². The normalized spacial score (nSPS) is 11.3. The smallest absolute Gasteiger partial charge is 0.121 e. The van der Waals surface area contributed by atoms with Gasteiger partial charge in [-0.3, -0.25) is 0 Å². The van der Waals surface area contributed by atoms with Crippen molar-refractivity contribution in [3.63, 3.8) is 0 Å². The lowest BCUT2D eigenvalue weighted by Gasteiger charge is -2.28. The van der Waals surface area contributed by atoms with E-state index in [1.54, 1.807) is 11.1 Å². The standard InChI is InChI=1S/2C19H34P.BFO2/c2*1-4-7-15-20(16-8-5-2,17-9-6-3)18-19-13-11-10-12-14-19;2-1(3)4/h2*10-14H,4-9,15-18H2,1-3H3;/q2*+1;-2. The van der Waals surface area contributed by atoms with Crippen LogP contribution >= 0.6 is 14.5 Å². The minimum absolute atomic E-state index is 0.768. The first-order valence-electron chi connectivity index (χ1n) is 18.0. The molecule has 0 atom stereocenters. The van der Waals surface area contributed by atoms with E-state index in [0.29, 0.717) is 0 Å². The highest BCUT2D eigenvalue weighted by atomic mass is 31.2. The second-order valence-electron chi connectivity index (χ2n) is 12.7. The molecule has 0 saturated heterocycles. The molecule has 0 heterocycles. The van der Waals surface area contributed by atoms with Crippen LogP contribution in [0.4, 0.5) is 4.32 Å². The molecule has 0 aliphatic rings. The molecule has 0 bridgehead atoms. The SMILES string of the molecule is CCCC[P+](CCCC)(CCCC)Cc1ccccc1.CCCC[P+](CCCC)(CCCC)Cc1ccccc1.[O-]B([O-])F. The molecule has 2 rings (SSSR count). The Morgan fingerprint density at radius 1 is 0.455 bits per heavy atom. The van der Waals surface area contributed by atoms with Crippen molar-refractivity contribution in [1.29, 1.82) is 0 Å². The lowest BCUT2D eigenvalue weighted by atomic mass is 10.2. The van der Waals surface area contributed by atoms with E-state index in [9.17, 15) is 4.32 Å². The number of unbranched alkanes of at least 4 members (excludes halogenated alkanes) is 6. The molecular weight excluding hydrogens is 580 g/mol. The maximum Gasteiger partial charge on any atom is 0.121 e. The second kappa shape index (κ2) is 28.4. The van der Waals surface area contributed by atoms with Crippen molar-refractivity contribution in [2.45, 2.75) is 131 Å². The van der Waals surface area contributed by atoms with E-state index in [1.165, 1.54) is 126 Å². The average molecular weight is 649 g/mol. The van der Waals surface area contributed by atoms with Crippen molar-refractivity contribution in [3.05, 3.63) is 71.8 Å². The van der Waals surface area contributed by atoms with Crippen molar-refractivity contribution in [3.8, 4) is 0 Å². The Morgan fingerprint density at radius 3 is 0.841 bits per heavy atom. The third kappa shape index (κ3) is 21.9. The molecule has 0 spiro atoms. The fraction of sp³-hybridized carbons (Fsp3) is 0.684. The van der Waals surface area contributed by atoms with Crippen LogP contribution in [-0.2, 0) is 12.3 Å². The molecule has 0 N–H and O–H groups in total. The first-order chi connectivity index (χ1) is 21.3. The first kappa shape index (κ1) is 43.2. The van der Waals surface area contributed by atoms with Gasteiger partial charge in [-0.2, -0.15) is 0 Å². The zero-order chi connectivity index (χ0) is 32.9. The summed E-state index contributed by atoms with van der Waals surface area (Å²) in [7, 11) is -4.70. The van der Waals surface area contributed by atoms with Crippen LogP contribution in [0.15, 0.2) is 60.7 Å². The largest absolute Gasteiger partial charge is 0.867 e. The predicted octanol–water partition coefficient (Wildman–Crippen LogP) is 10.9. The second-order valence-corrected chi connectivity index (χ2v) is 21.4. The first-order valence-corrected chi connectivity index (χ1v) is 23.1. The van der Waals surface area contributed by atoms with Crippen LogP contribution in [0.2, 0.25) is 0 Å². The number of benzene rings is 2. The summed E-state index contributed by atoms with van der Waals surface area (Å²) in [5.41, 5.74) is 3.17. The lowest BCUT2D eigenvalue weighted by molar-refractivity contribution is -0.366. The molecule has 2 aromatic rings. The van der Waals surface area contributed by atoms with Gasteiger partial charge >= 0.3 is 0 Å². The summed E-state index contributed by atoms with van der Waals surface area (Å²) in [6, 6.07) is 22.5. The highest BCUT2D eigenvalue weighted by Crippen LogP contribution is 2.64. The molecule has 0 radical (unpaired) electrons. The molecule has 0 unspecified atom stereocenters. The highest BCUT2D eigenvalue weighted by Gasteiger charge is 2.36. The Hall–Kier alpha value is -0.785. The summed E-state index contributed by atoms with van der Waals surface area (Å²) in [6.07, 6.45) is 28.7. The predicted molar refractivity (Wildman–Crippen MR) is 200 cm³/mol. The molecule has 44 heavy (non-hydrogen) atoms. The summed E-state index contributed by atoms with van der Waals surface area (Å²) < 4.78 is 9.89. The molecule has 6 heteroatoms. The third-order valence-electron chi connectivity index (χ3n) is 8.64. The van der Waals surface area contributed by atoms with E-state index in [0.717, 1.165) is 0 Å². The monoisotopic (exact) mass is 648 g/mol. The lowest BCUT2D eigenvalue weighted by Crippen LogP contribution is -2.39. The molecule has 2 nitrogen and oxygen atoms in total. The van der Waals surface area contributed by atoms with E-state index >= 15 is 0 Å². The maximum absolute atomic E-state index is 9.89. The van der Waals surface area contributed by atoms with Gasteiger partial charge in [-0.05, 0) is 49.7 Å². The van der Waals surface area contributed by atoms with E-state index in [-0.39, 0.29) is 0 Å². The minimum atomic E-state index is -3.17. The Labute approximate surface area is 275 Å². The molecule has 0 amide bonds. The number of rotatable bonds is 22. The average Bonchev–Trinajstić information content (AvgIpc) is 3.03. The zero-order valence-corrected chi connectivity index (χ0v) is 31.4. The van der Waals surface area contributed by atoms with Gasteiger partial charge in [0.05, 0.1) is 49.3 Å². The van der Waals surface area contributed by atoms with Gasteiger partial charge < -0.3 is 14.4 Å². The topological polar surface area (TPSA) is 46.1 Å². The molecule has 0 aromatic heterocycles. The molecule has 0 aliphatic heterocycles. The fourth-order valence-corrected chi connectivity index (χ4v) is 16.2. The molecule has 0 aliphatic carbocycles. The van der Waals surface area contributed by atoms with Gasteiger partial charge in [0.2, 0.25) is 0 Å². The Balaban J connectivity index is 0.000000749. The van der Waals surface area contributed by atoms with Gasteiger partial charge in [-0.15, -0.1) is 0 Å². The van der Waals surface area contributed by atoms with Crippen molar-refractivity contribution >= 4 is 21.9 Å². The van der Waals surface area contributed by atoms with Crippen molar-refractivity contribution in [1.82, 2.24) is 0 Å². The van der Waals surface area contributed by atoms with Crippen molar-refractivity contribution < 1.29 is 14.4 Å². The highest BCUT2D eigenvalue weighted by molar-refractivity contribution is 7.75. The van der Waals surface area contributed by atoms with E-state index in [1.807, 2.05) is 0 Å². The van der Waals surface area contributed by atoms with Crippen molar-refractivity contribution in [2.75, 3.05) is 37.0 Å². The van der Waals surface area contributed by atoms with E-state index in [2.05, 4.69) is 102 Å². The van der Waals surface area contributed by atoms with Crippen LogP contribution in [0.5, 0.6) is 0 Å². The van der Waals surface area contributed by atoms with Crippen LogP contribution in [0.3, 0.4) is 0 Å². The third-order valence-corrected chi connectivity index (χ3v) is 18.3. The van der Waals surface area contributed by atoms with Gasteiger partial charge in [0.1, 0.15) is 7.40 Å². The Bertz CT molecular complexity index is 754. The number of halogens is 1. The quantitative estimate of drug-likeness (QED) is 0.0942. The number of hydrogen-bond donors (Lipinski definition) is 0. The van der Waals surface area contributed by atoms with Crippen LogP contribution in [-0.4, -0.2) is 44.4 Å². The molecule has 0 fully saturated rings. The van der Waals surface area contributed by atoms with E-state index < -0.39 is 21.9 Å². The molecular formula is C38H68BFO2P2. The van der Waals surface area contributed by atoms with Crippen LogP contribution < -0.4 is 10.0 Å². The molecule has 252 valence electrons. The van der Waals surface area contributed by atoms with Gasteiger partial charge in [-0.1, -0.05) is 141 Å². The summed E-state index contributed by atoms with van der Waals surface area (Å²) in [5.74, 6) is 0. The zero-order valence-electron chi connectivity index (χ0n) is 29.6. The maximum atomic E-state index is 9.89. The van der Waals surface area contributed by atoms with Gasteiger partial charge in [0.15, 0.2) is 0 Å². The van der Waals surface area contributed by atoms with Crippen LogP contribution in [0.25, 0.3) is 0 Å². The summed E-state index contributed by atoms with van der Waals surface area (Å²) >= 11 is 0. The fourth-order valence-electron chi connectivity index (χ4n) is 6.05. The Morgan fingerprint density at radius 2 is 0.659 bits per heavy atom. The van der Waals surface area contributed by atoms with Crippen LogP contribution in [0, 0.1) is 0 Å². The number of hydrogen-bond acceptors (Lipinski definition) is 2. The Kier molecular flexibility index (Phi) is 27.9. The summed E-state index contributed by atoms with van der Waals surface area (Å²) in [5, 5.41) is 16.6. The van der Waals surface area contributed by atoms with Gasteiger partial charge in [0, 0.05) is 14.5 Å². The van der Waals surface area contributed by atoms with Crippen molar-refractivity contribution in [2.24, 2.45) is 0 Å². The summed E-state index contributed by atoms with van der Waals surface area (Å²) in [4.78, 5) is 0. The summed E-state index contributed by atoms with van der Waals surface area (Å²) in [6.45, 7) is 14.1. The van der Waals surface area contributed by atoms with Crippen LogP contribution in [0.1, 0.15) is 130 Å². The molecule has 0 saturated carbocycles. The minimum Gasteiger partial charge on any atom is -0.867 e. The van der Waals surface area contributed by atoms with Gasteiger partial charge in [0.25, 0.3) is 0 Å².